The van der Waals surface area contributed by atoms with Crippen molar-refractivity contribution in [2.75, 3.05) is 18.0 Å². The van der Waals surface area contributed by atoms with Crippen molar-refractivity contribution >= 4 is 40.6 Å². The van der Waals surface area contributed by atoms with Gasteiger partial charge in [-0.2, -0.15) is 0 Å². The first-order valence-corrected chi connectivity index (χ1v) is 18.7. The van der Waals surface area contributed by atoms with E-state index in [0.29, 0.717) is 36.8 Å². The molecule has 1 fully saturated rings. The minimum Gasteiger partial charge on any atom is -0.443 e. The fourth-order valence-electron chi connectivity index (χ4n) is 6.00. The largest absolute Gasteiger partial charge is 0.443 e. The van der Waals surface area contributed by atoms with Crippen molar-refractivity contribution in [3.63, 3.8) is 0 Å². The Kier molecular flexibility index (Phi) is 13.7. The Morgan fingerprint density at radius 1 is 0.727 bits per heavy atom. The van der Waals surface area contributed by atoms with Gasteiger partial charge < -0.3 is 19.1 Å². The number of rotatable bonds is 5. The van der Waals surface area contributed by atoms with Crippen molar-refractivity contribution in [1.82, 2.24) is 15.2 Å². The highest BCUT2D eigenvalue weighted by Gasteiger charge is 2.28. The molecule has 2 heterocycles. The summed E-state index contributed by atoms with van der Waals surface area (Å²) in [6.45, 7) is 19.6. The number of aromatic nitrogens is 1. The number of nitrogens with zero attached hydrogens (tertiary/aromatic N) is 3. The predicted octanol–water partition coefficient (Wildman–Crippen LogP) is 9.95. The Morgan fingerprint density at radius 3 is 1.91 bits per heavy atom. The fourth-order valence-corrected chi connectivity index (χ4v) is 6.00. The lowest BCUT2D eigenvalue weighted by Gasteiger charge is -2.32. The molecule has 55 heavy (non-hydrogen) atoms. The normalized spacial score (nSPS) is 13.6. The van der Waals surface area contributed by atoms with Gasteiger partial charge in [-0.1, -0.05) is 66.2 Å². The van der Waals surface area contributed by atoms with Crippen LogP contribution in [0.3, 0.4) is 0 Å². The molecule has 0 unspecified atom stereocenters. The molecule has 11 heteroatoms. The summed E-state index contributed by atoms with van der Waals surface area (Å²) in [7, 11) is 0. The smallest absolute Gasteiger partial charge is 0.417 e. The first-order valence-electron chi connectivity index (χ1n) is 18.7. The number of aryl methyl sites for hydroxylation is 1. The molecule has 1 aliphatic heterocycles. The van der Waals surface area contributed by atoms with Gasteiger partial charge in [-0.3, -0.25) is 14.7 Å². The molecule has 1 saturated heterocycles. The van der Waals surface area contributed by atoms with Crippen LogP contribution in [0.4, 0.5) is 20.1 Å². The molecule has 0 spiro atoms. The van der Waals surface area contributed by atoms with Crippen molar-refractivity contribution in [3.05, 3.63) is 107 Å². The van der Waals surface area contributed by atoms with Crippen LogP contribution in [-0.2, 0) is 20.8 Å². The van der Waals surface area contributed by atoms with Gasteiger partial charge in [-0.25, -0.2) is 19.7 Å². The van der Waals surface area contributed by atoms with Gasteiger partial charge in [0.1, 0.15) is 16.8 Å². The van der Waals surface area contributed by atoms with E-state index < -0.39 is 35.1 Å². The van der Waals surface area contributed by atoms with Crippen LogP contribution in [0.2, 0.25) is 0 Å². The fraction of sp³-hybridized carbons (Fsp3) is 0.432. The van der Waals surface area contributed by atoms with Crippen molar-refractivity contribution in [2.24, 2.45) is 0 Å². The van der Waals surface area contributed by atoms with E-state index in [1.807, 2.05) is 49.2 Å². The van der Waals surface area contributed by atoms with E-state index in [0.717, 1.165) is 29.2 Å². The molecular formula is C44H56N4O7. The third kappa shape index (κ3) is 13.7. The molecule has 5 rings (SSSR count). The lowest BCUT2D eigenvalue weighted by molar-refractivity contribution is 0.0352. The van der Waals surface area contributed by atoms with Crippen molar-refractivity contribution < 1.29 is 33.4 Å². The second kappa shape index (κ2) is 17.8. The van der Waals surface area contributed by atoms with E-state index in [1.165, 1.54) is 11.1 Å². The second-order valence-corrected chi connectivity index (χ2v) is 16.8. The highest BCUT2D eigenvalue weighted by atomic mass is 16.6. The van der Waals surface area contributed by atoms with Crippen molar-refractivity contribution in [2.45, 2.75) is 111 Å². The highest BCUT2D eigenvalue weighted by molar-refractivity contribution is 5.96. The number of nitrogens with one attached hydrogen (secondary N) is 1. The van der Waals surface area contributed by atoms with Crippen molar-refractivity contribution in [3.8, 4) is 0 Å². The van der Waals surface area contributed by atoms with Gasteiger partial charge in [0.15, 0.2) is 0 Å². The first kappa shape index (κ1) is 42.3. The van der Waals surface area contributed by atoms with E-state index in [-0.39, 0.29) is 5.91 Å². The Hall–Kier alpha value is -5.45. The summed E-state index contributed by atoms with van der Waals surface area (Å²) in [6.07, 6.45) is 2.95. The summed E-state index contributed by atoms with van der Waals surface area (Å²) in [5.74, 6) is 0.393. The van der Waals surface area contributed by atoms with E-state index in [4.69, 9.17) is 14.2 Å². The number of likely N-dealkylation sites (tertiary alicyclic amines) is 1. The van der Waals surface area contributed by atoms with Crippen molar-refractivity contribution in [1.29, 1.82) is 0 Å². The number of piperidine rings is 1. The number of imide groups is 1. The molecule has 4 aromatic rings. The number of amides is 4. The Labute approximate surface area is 325 Å². The lowest BCUT2D eigenvalue weighted by atomic mass is 9.88. The average molecular weight is 753 g/mol. The standard InChI is InChI=1S/C34H37N3O3.C10H19NO4/c1-24-8-7-11-28(18-24)27-14-16-36(17-15-27)32(38)30-20-31(22-35-21-30)37(33(39)40-34(2,3)4)23-25-12-13-26-9-5-6-10-29(26)19-25;1-9(2,3)14-7(12)11-8(13)15-10(4,5)6/h5-13,18-22,27H,14-17,23H2,1-4H3;1-6H3,(H,11,12,13). The first-order chi connectivity index (χ1) is 25.7. The summed E-state index contributed by atoms with van der Waals surface area (Å²) < 4.78 is 15.5. The molecule has 0 bridgehead atoms. The number of carbonyl (C=O) groups is 4. The number of anilines is 1. The molecule has 1 aliphatic rings. The van der Waals surface area contributed by atoms with Crippen LogP contribution in [0.25, 0.3) is 10.8 Å². The maximum Gasteiger partial charge on any atom is 0.417 e. The highest BCUT2D eigenvalue weighted by Crippen LogP contribution is 2.30. The van der Waals surface area contributed by atoms with Gasteiger partial charge in [0.05, 0.1) is 24.0 Å². The Bertz CT molecular complexity index is 1940. The molecule has 4 amide bonds. The van der Waals surface area contributed by atoms with Gasteiger partial charge in [0.25, 0.3) is 5.91 Å². The summed E-state index contributed by atoms with van der Waals surface area (Å²) in [6, 6.07) is 24.7. The number of alkyl carbamates (subject to hydrolysis) is 2. The minimum atomic E-state index is -0.809. The molecule has 3 aromatic carbocycles. The van der Waals surface area contributed by atoms with Gasteiger partial charge in [-0.05, 0) is 122 Å². The predicted molar refractivity (Wildman–Crippen MR) is 215 cm³/mol. The molecular weight excluding hydrogens is 697 g/mol. The zero-order valence-electron chi connectivity index (χ0n) is 33.9. The topological polar surface area (TPSA) is 127 Å². The Morgan fingerprint density at radius 2 is 1.33 bits per heavy atom. The number of hydrogen-bond acceptors (Lipinski definition) is 8. The molecule has 0 atom stereocenters. The van der Waals surface area contributed by atoms with Crippen LogP contribution in [0.15, 0.2) is 85.2 Å². The summed E-state index contributed by atoms with van der Waals surface area (Å²) >= 11 is 0. The molecule has 0 saturated carbocycles. The molecule has 1 N–H and O–H groups in total. The van der Waals surface area contributed by atoms with Crippen LogP contribution in [0.1, 0.15) is 108 Å². The molecule has 1 aromatic heterocycles. The van der Waals surface area contributed by atoms with Gasteiger partial charge >= 0.3 is 18.3 Å². The molecule has 294 valence electrons. The third-order valence-corrected chi connectivity index (χ3v) is 8.35. The summed E-state index contributed by atoms with van der Waals surface area (Å²) in [5.41, 5.74) is 2.63. The SMILES string of the molecule is CC(C)(C)OC(=O)NC(=O)OC(C)(C)C.Cc1cccc(C2CCN(C(=O)c3cncc(N(Cc4ccc5ccccc5c4)C(=O)OC(C)(C)C)c3)CC2)c1. The molecule has 0 aliphatic carbocycles. The Balaban J connectivity index is 0.000000381. The number of fused-ring (bicyclic) bond motifs is 1. The number of benzene rings is 3. The quantitative estimate of drug-likeness (QED) is 0.200. The van der Waals surface area contributed by atoms with Crippen LogP contribution >= 0.6 is 0 Å². The summed E-state index contributed by atoms with van der Waals surface area (Å²) in [4.78, 5) is 57.0. The summed E-state index contributed by atoms with van der Waals surface area (Å²) in [5, 5.41) is 4.20. The van der Waals surface area contributed by atoms with E-state index in [2.05, 4.69) is 60.4 Å². The number of pyridine rings is 1. The second-order valence-electron chi connectivity index (χ2n) is 16.8. The van der Waals surface area contributed by atoms with E-state index >= 15 is 0 Å². The van der Waals surface area contributed by atoms with Crippen LogP contribution in [0, 0.1) is 6.92 Å². The zero-order chi connectivity index (χ0) is 40.6. The van der Waals surface area contributed by atoms with Crippen LogP contribution in [-0.4, -0.2) is 64.0 Å². The maximum atomic E-state index is 13.5. The van der Waals surface area contributed by atoms with Gasteiger partial charge in [0.2, 0.25) is 0 Å². The van der Waals surface area contributed by atoms with Crippen LogP contribution < -0.4 is 10.2 Å². The minimum absolute atomic E-state index is 0.0631. The van der Waals surface area contributed by atoms with Gasteiger partial charge in [-0.15, -0.1) is 0 Å². The van der Waals surface area contributed by atoms with Gasteiger partial charge in [0, 0.05) is 19.3 Å². The molecule has 11 nitrogen and oxygen atoms in total. The van der Waals surface area contributed by atoms with E-state index in [1.54, 1.807) is 64.9 Å². The van der Waals surface area contributed by atoms with E-state index in [9.17, 15) is 19.2 Å². The maximum absolute atomic E-state index is 13.5. The average Bonchev–Trinajstić information content (AvgIpc) is 3.08. The monoisotopic (exact) mass is 752 g/mol. The number of hydrogen-bond donors (Lipinski definition) is 1. The van der Waals surface area contributed by atoms with Crippen LogP contribution in [0.5, 0.6) is 0 Å². The number of carbonyl (C=O) groups excluding carboxylic acids is 4. The number of ether oxygens (including phenoxy) is 3. The molecule has 0 radical (unpaired) electrons. The zero-order valence-corrected chi connectivity index (χ0v) is 33.9. The third-order valence-electron chi connectivity index (χ3n) is 8.35. The lowest BCUT2D eigenvalue weighted by Crippen LogP contribution is -2.39.